The van der Waals surface area contributed by atoms with Gasteiger partial charge in [-0.05, 0) is 25.0 Å². The smallest absolute Gasteiger partial charge is 0.0707 e. The number of rotatable bonds is 2. The first-order valence-electron chi connectivity index (χ1n) is 6.13. The number of ether oxygens (including phenoxy) is 1. The summed E-state index contributed by atoms with van der Waals surface area (Å²) in [6, 6.07) is 6.00. The Kier molecular flexibility index (Phi) is 3.11. The fraction of sp³-hybridized carbons (Fsp3) is 0.538. The molecule has 2 bridgehead atoms. The van der Waals surface area contributed by atoms with Gasteiger partial charge in [0, 0.05) is 35.4 Å². The van der Waals surface area contributed by atoms with E-state index in [9.17, 15) is 0 Å². The Balaban J connectivity index is 1.74. The quantitative estimate of drug-likeness (QED) is 0.852. The average Bonchev–Trinajstić information content (AvgIpc) is 2.64. The lowest BCUT2D eigenvalue weighted by molar-refractivity contribution is -0.0410. The van der Waals surface area contributed by atoms with Crippen LogP contribution in [0, 0.1) is 0 Å². The van der Waals surface area contributed by atoms with Gasteiger partial charge in [-0.25, -0.2) is 0 Å². The van der Waals surface area contributed by atoms with E-state index in [-0.39, 0.29) is 0 Å². The summed E-state index contributed by atoms with van der Waals surface area (Å²) in [6.45, 7) is 3.00. The lowest BCUT2D eigenvalue weighted by Crippen LogP contribution is -2.42. The van der Waals surface area contributed by atoms with Gasteiger partial charge in [0.25, 0.3) is 0 Å². The van der Waals surface area contributed by atoms with Gasteiger partial charge in [-0.15, -0.1) is 0 Å². The maximum Gasteiger partial charge on any atom is 0.0707 e. The standard InChI is InChI=1S/C13H17BrN2O/c14-12-2-1-3-13(15)11(12)8-16-6-9-4-5-10(7-16)17-9/h1-3,9-10H,4-8,15H2. The molecule has 2 N–H and O–H groups in total. The van der Waals surface area contributed by atoms with Crippen LogP contribution in [-0.4, -0.2) is 30.2 Å². The van der Waals surface area contributed by atoms with Crippen LogP contribution < -0.4 is 5.73 Å². The second kappa shape index (κ2) is 4.59. The Morgan fingerprint density at radius 1 is 1.29 bits per heavy atom. The van der Waals surface area contributed by atoms with Crippen LogP contribution in [0.5, 0.6) is 0 Å². The number of hydrogen-bond acceptors (Lipinski definition) is 3. The highest BCUT2D eigenvalue weighted by molar-refractivity contribution is 9.10. The Labute approximate surface area is 110 Å². The highest BCUT2D eigenvalue weighted by Gasteiger charge is 2.33. The third-order valence-electron chi connectivity index (χ3n) is 3.66. The molecule has 2 saturated heterocycles. The number of benzene rings is 1. The van der Waals surface area contributed by atoms with Crippen molar-refractivity contribution in [2.45, 2.75) is 31.6 Å². The van der Waals surface area contributed by atoms with Crippen molar-refractivity contribution in [3.63, 3.8) is 0 Å². The predicted molar refractivity (Wildman–Crippen MR) is 71.7 cm³/mol. The monoisotopic (exact) mass is 296 g/mol. The largest absolute Gasteiger partial charge is 0.398 e. The van der Waals surface area contributed by atoms with Gasteiger partial charge in [0.2, 0.25) is 0 Å². The maximum absolute atomic E-state index is 6.04. The Morgan fingerprint density at radius 3 is 2.65 bits per heavy atom. The van der Waals surface area contributed by atoms with E-state index in [4.69, 9.17) is 10.5 Å². The van der Waals surface area contributed by atoms with E-state index >= 15 is 0 Å². The number of likely N-dealkylation sites (tertiary alicyclic amines) is 1. The van der Waals surface area contributed by atoms with E-state index in [0.717, 1.165) is 29.8 Å². The molecule has 4 heteroatoms. The van der Waals surface area contributed by atoms with Crippen LogP contribution in [0.2, 0.25) is 0 Å². The minimum absolute atomic E-state index is 0.442. The van der Waals surface area contributed by atoms with Gasteiger partial charge < -0.3 is 10.5 Å². The van der Waals surface area contributed by atoms with Crippen molar-refractivity contribution in [1.82, 2.24) is 4.90 Å². The summed E-state index contributed by atoms with van der Waals surface area (Å²) in [5.74, 6) is 0. The predicted octanol–water partition coefficient (Wildman–Crippen LogP) is 2.39. The molecule has 17 heavy (non-hydrogen) atoms. The number of hydrogen-bond donors (Lipinski definition) is 1. The first-order chi connectivity index (χ1) is 8.22. The van der Waals surface area contributed by atoms with Crippen molar-refractivity contribution in [2.24, 2.45) is 0 Å². The topological polar surface area (TPSA) is 38.5 Å². The number of nitrogens with zero attached hydrogens (tertiary/aromatic N) is 1. The summed E-state index contributed by atoms with van der Waals surface area (Å²) in [5, 5.41) is 0. The van der Waals surface area contributed by atoms with E-state index in [1.54, 1.807) is 0 Å². The SMILES string of the molecule is Nc1cccc(Br)c1CN1CC2CCC(C1)O2. The molecule has 2 heterocycles. The van der Waals surface area contributed by atoms with Crippen LogP contribution in [0.15, 0.2) is 22.7 Å². The van der Waals surface area contributed by atoms with Crippen molar-refractivity contribution in [2.75, 3.05) is 18.8 Å². The first kappa shape index (κ1) is 11.5. The molecule has 3 rings (SSSR count). The summed E-state index contributed by atoms with van der Waals surface area (Å²) in [7, 11) is 0. The number of nitrogen functional groups attached to an aromatic ring is 1. The van der Waals surface area contributed by atoms with Gasteiger partial charge in [-0.2, -0.15) is 0 Å². The van der Waals surface area contributed by atoms with Crippen molar-refractivity contribution >= 4 is 21.6 Å². The fourth-order valence-electron chi connectivity index (χ4n) is 2.79. The molecule has 0 saturated carbocycles. The summed E-state index contributed by atoms with van der Waals surface area (Å²) >= 11 is 3.58. The minimum atomic E-state index is 0.442. The summed E-state index contributed by atoms with van der Waals surface area (Å²) in [6.07, 6.45) is 3.31. The molecular weight excluding hydrogens is 280 g/mol. The summed E-state index contributed by atoms with van der Waals surface area (Å²) in [4.78, 5) is 2.46. The van der Waals surface area contributed by atoms with Crippen LogP contribution in [0.4, 0.5) is 5.69 Å². The minimum Gasteiger partial charge on any atom is -0.398 e. The third kappa shape index (κ3) is 2.34. The molecule has 2 aliphatic rings. The molecule has 0 amide bonds. The number of nitrogens with two attached hydrogens (primary N) is 1. The Morgan fingerprint density at radius 2 is 2.00 bits per heavy atom. The fourth-order valence-corrected chi connectivity index (χ4v) is 3.30. The molecule has 2 fully saturated rings. The zero-order valence-electron chi connectivity index (χ0n) is 9.73. The molecule has 2 atom stereocenters. The number of halogens is 1. The van der Waals surface area contributed by atoms with Gasteiger partial charge in [-0.3, -0.25) is 4.90 Å². The normalized spacial score (nSPS) is 28.5. The number of anilines is 1. The Hall–Kier alpha value is -0.580. The zero-order valence-corrected chi connectivity index (χ0v) is 11.3. The average molecular weight is 297 g/mol. The van der Waals surface area contributed by atoms with E-state index in [1.807, 2.05) is 12.1 Å². The molecule has 0 aromatic heterocycles. The molecule has 92 valence electrons. The van der Waals surface area contributed by atoms with Gasteiger partial charge in [0.05, 0.1) is 12.2 Å². The number of fused-ring (bicyclic) bond motifs is 2. The van der Waals surface area contributed by atoms with E-state index in [1.165, 1.54) is 18.4 Å². The van der Waals surface area contributed by atoms with Crippen molar-refractivity contribution < 1.29 is 4.74 Å². The van der Waals surface area contributed by atoms with Crippen LogP contribution in [0.25, 0.3) is 0 Å². The lowest BCUT2D eigenvalue weighted by atomic mass is 10.1. The molecule has 2 unspecified atom stereocenters. The molecule has 3 nitrogen and oxygen atoms in total. The second-order valence-electron chi connectivity index (χ2n) is 4.96. The van der Waals surface area contributed by atoms with Crippen LogP contribution >= 0.6 is 15.9 Å². The van der Waals surface area contributed by atoms with Crippen molar-refractivity contribution in [3.8, 4) is 0 Å². The number of morpholine rings is 1. The molecule has 0 radical (unpaired) electrons. The first-order valence-corrected chi connectivity index (χ1v) is 6.92. The molecule has 1 aromatic rings. The Bertz CT molecular complexity index is 392. The molecular formula is C13H17BrN2O. The van der Waals surface area contributed by atoms with Crippen molar-refractivity contribution in [3.05, 3.63) is 28.2 Å². The third-order valence-corrected chi connectivity index (χ3v) is 4.40. The van der Waals surface area contributed by atoms with Gasteiger partial charge >= 0.3 is 0 Å². The lowest BCUT2D eigenvalue weighted by Gasteiger charge is -2.32. The highest BCUT2D eigenvalue weighted by Crippen LogP contribution is 2.30. The molecule has 2 aliphatic heterocycles. The van der Waals surface area contributed by atoms with E-state index in [2.05, 4.69) is 26.9 Å². The van der Waals surface area contributed by atoms with Gasteiger partial charge in [-0.1, -0.05) is 22.0 Å². The summed E-state index contributed by atoms with van der Waals surface area (Å²) in [5.41, 5.74) is 8.11. The van der Waals surface area contributed by atoms with Crippen LogP contribution in [0.1, 0.15) is 18.4 Å². The molecule has 1 aromatic carbocycles. The molecule has 0 spiro atoms. The van der Waals surface area contributed by atoms with Crippen molar-refractivity contribution in [1.29, 1.82) is 0 Å². The van der Waals surface area contributed by atoms with Gasteiger partial charge in [0.15, 0.2) is 0 Å². The van der Waals surface area contributed by atoms with E-state index < -0.39 is 0 Å². The van der Waals surface area contributed by atoms with Crippen LogP contribution in [-0.2, 0) is 11.3 Å². The van der Waals surface area contributed by atoms with E-state index in [0.29, 0.717) is 12.2 Å². The van der Waals surface area contributed by atoms with Crippen LogP contribution in [0.3, 0.4) is 0 Å². The maximum atomic E-state index is 6.04. The zero-order chi connectivity index (χ0) is 11.8. The highest BCUT2D eigenvalue weighted by atomic mass is 79.9. The summed E-state index contributed by atoms with van der Waals surface area (Å²) < 4.78 is 6.95. The van der Waals surface area contributed by atoms with Gasteiger partial charge in [0.1, 0.15) is 0 Å². The molecule has 0 aliphatic carbocycles. The second-order valence-corrected chi connectivity index (χ2v) is 5.81.